The van der Waals surface area contributed by atoms with Gasteiger partial charge in [0.2, 0.25) is 0 Å². The van der Waals surface area contributed by atoms with Crippen LogP contribution in [0.1, 0.15) is 37.7 Å². The first-order valence-electron chi connectivity index (χ1n) is 5.77. The van der Waals surface area contributed by atoms with E-state index in [0.717, 1.165) is 6.54 Å². The second-order valence-electron chi connectivity index (χ2n) is 4.06. The van der Waals surface area contributed by atoms with E-state index < -0.39 is 0 Å². The van der Waals surface area contributed by atoms with Crippen molar-refractivity contribution in [2.24, 2.45) is 5.10 Å². The van der Waals surface area contributed by atoms with Crippen molar-refractivity contribution in [1.29, 1.82) is 0 Å². The number of benzene rings is 1. The number of nitrogens with one attached hydrogen (secondary N) is 1. The minimum absolute atomic E-state index is 0.838. The molecule has 0 bridgehead atoms. The highest BCUT2D eigenvalue weighted by Gasteiger charge is 2.05. The van der Waals surface area contributed by atoms with E-state index in [1.54, 1.807) is 0 Å². The van der Waals surface area contributed by atoms with E-state index in [1.165, 1.54) is 43.4 Å². The van der Waals surface area contributed by atoms with E-state index in [-0.39, 0.29) is 0 Å². The third-order valence-electron chi connectivity index (χ3n) is 2.79. The Hall–Kier alpha value is -1.31. The van der Waals surface area contributed by atoms with Crippen LogP contribution in [0.4, 0.5) is 0 Å². The zero-order valence-electron chi connectivity index (χ0n) is 9.08. The first-order chi connectivity index (χ1) is 7.45. The second-order valence-corrected chi connectivity index (χ2v) is 4.06. The van der Waals surface area contributed by atoms with E-state index >= 15 is 0 Å². The summed E-state index contributed by atoms with van der Waals surface area (Å²) in [6.07, 6.45) is 6.36. The zero-order chi connectivity index (χ0) is 10.3. The van der Waals surface area contributed by atoms with Crippen molar-refractivity contribution in [2.75, 3.05) is 0 Å². The summed E-state index contributed by atoms with van der Waals surface area (Å²) in [5, 5.41) is 4.45. The lowest BCUT2D eigenvalue weighted by atomic mass is 9.99. The minimum atomic E-state index is 0.838. The molecule has 2 heteroatoms. The van der Waals surface area contributed by atoms with Crippen LogP contribution in [-0.2, 0) is 6.54 Å². The Kier molecular flexibility index (Phi) is 3.77. The Balaban J connectivity index is 1.78. The molecule has 0 aliphatic heterocycles. The molecule has 1 aliphatic rings. The highest BCUT2D eigenvalue weighted by atomic mass is 15.3. The summed E-state index contributed by atoms with van der Waals surface area (Å²) in [6, 6.07) is 10.4. The molecule has 1 aromatic rings. The monoisotopic (exact) mass is 202 g/mol. The molecule has 1 aliphatic carbocycles. The molecular weight excluding hydrogens is 184 g/mol. The van der Waals surface area contributed by atoms with E-state index in [0.29, 0.717) is 0 Å². The first-order valence-corrected chi connectivity index (χ1v) is 5.77. The summed E-state index contributed by atoms with van der Waals surface area (Å²) in [7, 11) is 0. The highest BCUT2D eigenvalue weighted by molar-refractivity contribution is 5.84. The Morgan fingerprint density at radius 1 is 1.00 bits per heavy atom. The second kappa shape index (κ2) is 5.54. The maximum absolute atomic E-state index is 4.45. The standard InChI is InChI=1S/C13H18N2/c1-3-7-12(8-4-1)11-14-15-13-9-5-2-6-10-13/h1,3-4,7-8,14H,2,5-6,9-11H2. The van der Waals surface area contributed by atoms with Gasteiger partial charge in [-0.2, -0.15) is 5.10 Å². The Morgan fingerprint density at radius 2 is 1.73 bits per heavy atom. The summed E-state index contributed by atoms with van der Waals surface area (Å²) in [4.78, 5) is 0. The van der Waals surface area contributed by atoms with Gasteiger partial charge in [0.05, 0.1) is 6.54 Å². The lowest BCUT2D eigenvalue weighted by molar-refractivity contribution is 0.647. The van der Waals surface area contributed by atoms with Crippen LogP contribution in [0.25, 0.3) is 0 Å². The van der Waals surface area contributed by atoms with Crippen LogP contribution < -0.4 is 5.43 Å². The van der Waals surface area contributed by atoms with Gasteiger partial charge in [0, 0.05) is 5.71 Å². The zero-order valence-corrected chi connectivity index (χ0v) is 9.08. The summed E-state index contributed by atoms with van der Waals surface area (Å²) >= 11 is 0. The molecule has 0 heterocycles. The first kappa shape index (κ1) is 10.2. The van der Waals surface area contributed by atoms with Gasteiger partial charge >= 0.3 is 0 Å². The molecule has 0 spiro atoms. The van der Waals surface area contributed by atoms with Crippen LogP contribution >= 0.6 is 0 Å². The predicted octanol–water partition coefficient (Wildman–Crippen LogP) is 3.10. The number of hydrogen-bond acceptors (Lipinski definition) is 2. The molecule has 0 unspecified atom stereocenters. The van der Waals surface area contributed by atoms with Crippen molar-refractivity contribution in [2.45, 2.75) is 38.6 Å². The third kappa shape index (κ3) is 3.39. The summed E-state index contributed by atoms with van der Waals surface area (Å²) < 4.78 is 0. The largest absolute Gasteiger partial charge is 0.306 e. The van der Waals surface area contributed by atoms with Crippen LogP contribution in [0.3, 0.4) is 0 Å². The van der Waals surface area contributed by atoms with Crippen molar-refractivity contribution in [3.05, 3.63) is 35.9 Å². The lowest BCUT2D eigenvalue weighted by Gasteiger charge is -2.12. The normalized spacial score (nSPS) is 16.1. The fourth-order valence-corrected chi connectivity index (χ4v) is 1.91. The van der Waals surface area contributed by atoms with Crippen LogP contribution in [0, 0.1) is 0 Å². The van der Waals surface area contributed by atoms with Crippen molar-refractivity contribution < 1.29 is 0 Å². The summed E-state index contributed by atoms with van der Waals surface area (Å²) in [5.74, 6) is 0. The van der Waals surface area contributed by atoms with Gasteiger partial charge in [-0.25, -0.2) is 0 Å². The SMILES string of the molecule is c1ccc(CNN=C2CCCCC2)cc1. The molecular formula is C13H18N2. The third-order valence-corrected chi connectivity index (χ3v) is 2.79. The number of rotatable bonds is 3. The molecule has 1 saturated carbocycles. The minimum Gasteiger partial charge on any atom is -0.306 e. The van der Waals surface area contributed by atoms with E-state index in [1.807, 2.05) is 6.07 Å². The van der Waals surface area contributed by atoms with E-state index in [9.17, 15) is 0 Å². The molecule has 2 nitrogen and oxygen atoms in total. The molecule has 0 amide bonds. The maximum atomic E-state index is 4.45. The van der Waals surface area contributed by atoms with Gasteiger partial charge in [0.1, 0.15) is 0 Å². The van der Waals surface area contributed by atoms with Gasteiger partial charge in [0.15, 0.2) is 0 Å². The molecule has 80 valence electrons. The Labute approximate surface area is 91.4 Å². The van der Waals surface area contributed by atoms with Crippen LogP contribution in [0.2, 0.25) is 0 Å². The average Bonchev–Trinajstić information content (AvgIpc) is 2.32. The molecule has 0 aromatic heterocycles. The maximum Gasteiger partial charge on any atom is 0.0580 e. The van der Waals surface area contributed by atoms with Crippen LogP contribution in [-0.4, -0.2) is 5.71 Å². The Bertz CT molecular complexity index is 309. The van der Waals surface area contributed by atoms with Crippen molar-refractivity contribution in [3.63, 3.8) is 0 Å². The smallest absolute Gasteiger partial charge is 0.0580 e. The van der Waals surface area contributed by atoms with Gasteiger partial charge < -0.3 is 5.43 Å². The molecule has 0 atom stereocenters. The molecule has 1 N–H and O–H groups in total. The van der Waals surface area contributed by atoms with Crippen molar-refractivity contribution in [3.8, 4) is 0 Å². The summed E-state index contributed by atoms with van der Waals surface area (Å²) in [5.41, 5.74) is 5.79. The van der Waals surface area contributed by atoms with Gasteiger partial charge in [-0.3, -0.25) is 0 Å². The van der Waals surface area contributed by atoms with Gasteiger partial charge in [-0.1, -0.05) is 36.8 Å². The fourth-order valence-electron chi connectivity index (χ4n) is 1.91. The lowest BCUT2D eigenvalue weighted by Crippen LogP contribution is -2.12. The van der Waals surface area contributed by atoms with Crippen molar-refractivity contribution >= 4 is 5.71 Å². The molecule has 15 heavy (non-hydrogen) atoms. The molecule has 1 fully saturated rings. The van der Waals surface area contributed by atoms with Gasteiger partial charge in [-0.05, 0) is 31.2 Å². The predicted molar refractivity (Wildman–Crippen MR) is 63.8 cm³/mol. The number of nitrogens with zero attached hydrogens (tertiary/aromatic N) is 1. The summed E-state index contributed by atoms with van der Waals surface area (Å²) in [6.45, 7) is 0.838. The topological polar surface area (TPSA) is 24.4 Å². The molecule has 0 saturated heterocycles. The van der Waals surface area contributed by atoms with Crippen LogP contribution in [0.5, 0.6) is 0 Å². The molecule has 1 aromatic carbocycles. The Morgan fingerprint density at radius 3 is 2.47 bits per heavy atom. The van der Waals surface area contributed by atoms with Crippen LogP contribution in [0.15, 0.2) is 35.4 Å². The number of hydrogen-bond donors (Lipinski definition) is 1. The molecule has 0 radical (unpaired) electrons. The van der Waals surface area contributed by atoms with Gasteiger partial charge in [0.25, 0.3) is 0 Å². The van der Waals surface area contributed by atoms with Gasteiger partial charge in [-0.15, -0.1) is 0 Å². The van der Waals surface area contributed by atoms with Crippen molar-refractivity contribution in [1.82, 2.24) is 5.43 Å². The number of hydrazone groups is 1. The highest BCUT2D eigenvalue weighted by Crippen LogP contribution is 2.14. The molecule has 2 rings (SSSR count). The van der Waals surface area contributed by atoms with E-state index in [4.69, 9.17) is 0 Å². The average molecular weight is 202 g/mol. The quantitative estimate of drug-likeness (QED) is 0.748. The van der Waals surface area contributed by atoms with E-state index in [2.05, 4.69) is 34.8 Å². The fraction of sp³-hybridized carbons (Fsp3) is 0.462.